The lowest BCUT2D eigenvalue weighted by atomic mass is 9.94. The summed E-state index contributed by atoms with van der Waals surface area (Å²) in [6.45, 7) is 4.91. The normalized spacial score (nSPS) is 18.4. The van der Waals surface area contributed by atoms with Gasteiger partial charge in [0.15, 0.2) is 0 Å². The van der Waals surface area contributed by atoms with Gasteiger partial charge >= 0.3 is 0 Å². The van der Waals surface area contributed by atoms with E-state index in [0.29, 0.717) is 18.8 Å². The Balaban J connectivity index is 2.07. The van der Waals surface area contributed by atoms with Gasteiger partial charge in [0.1, 0.15) is 5.78 Å². The van der Waals surface area contributed by atoms with E-state index < -0.39 is 0 Å². The summed E-state index contributed by atoms with van der Waals surface area (Å²) in [5.41, 5.74) is 0. The molecule has 1 fully saturated rings. The molecule has 3 heteroatoms. The second kappa shape index (κ2) is 6.96. The Morgan fingerprint density at radius 3 is 2.71 bits per heavy atom. The fraction of sp³-hybridized carbons (Fsp3) is 0.909. The van der Waals surface area contributed by atoms with Gasteiger partial charge in [-0.05, 0) is 19.3 Å². The Kier molecular flexibility index (Phi) is 5.80. The number of carbonyl (C=O) groups is 1. The summed E-state index contributed by atoms with van der Waals surface area (Å²) in [7, 11) is 0. The Bertz CT molecular complexity index is 162. The number of hydrogen-bond donors (Lipinski definition) is 0. The summed E-state index contributed by atoms with van der Waals surface area (Å²) >= 11 is 0. The fourth-order valence-electron chi connectivity index (χ4n) is 1.64. The lowest BCUT2D eigenvalue weighted by molar-refractivity contribution is -0.126. The molecule has 1 aliphatic heterocycles. The number of ether oxygens (including phenoxy) is 2. The van der Waals surface area contributed by atoms with Crippen molar-refractivity contribution in [3.63, 3.8) is 0 Å². The van der Waals surface area contributed by atoms with Crippen molar-refractivity contribution < 1.29 is 14.3 Å². The second-order valence-electron chi connectivity index (χ2n) is 3.72. The van der Waals surface area contributed by atoms with E-state index in [4.69, 9.17) is 9.47 Å². The minimum Gasteiger partial charge on any atom is -0.381 e. The smallest absolute Gasteiger partial charge is 0.138 e. The molecule has 0 bridgehead atoms. The van der Waals surface area contributed by atoms with E-state index >= 15 is 0 Å². The maximum atomic E-state index is 11.6. The monoisotopic (exact) mass is 200 g/mol. The van der Waals surface area contributed by atoms with Crippen LogP contribution in [0.25, 0.3) is 0 Å². The van der Waals surface area contributed by atoms with Gasteiger partial charge in [0, 0.05) is 32.2 Å². The van der Waals surface area contributed by atoms with Gasteiger partial charge in [0.05, 0.1) is 6.61 Å². The van der Waals surface area contributed by atoms with Gasteiger partial charge in [-0.3, -0.25) is 4.79 Å². The van der Waals surface area contributed by atoms with Crippen LogP contribution in [-0.4, -0.2) is 32.2 Å². The first-order chi connectivity index (χ1) is 6.84. The van der Waals surface area contributed by atoms with Crippen LogP contribution >= 0.6 is 0 Å². The first-order valence-corrected chi connectivity index (χ1v) is 5.52. The summed E-state index contributed by atoms with van der Waals surface area (Å²) in [6, 6.07) is 0. The molecular formula is C11H20O3. The molecule has 0 unspecified atom stereocenters. The Morgan fingerprint density at radius 1 is 1.36 bits per heavy atom. The maximum absolute atomic E-state index is 11.6. The van der Waals surface area contributed by atoms with E-state index in [0.717, 1.165) is 39.1 Å². The van der Waals surface area contributed by atoms with Crippen molar-refractivity contribution in [1.82, 2.24) is 0 Å². The van der Waals surface area contributed by atoms with Crippen molar-refractivity contribution in [2.45, 2.75) is 32.6 Å². The molecule has 0 saturated carbocycles. The molecule has 82 valence electrons. The number of Topliss-reactive ketones (excluding diaryl/α,β-unsaturated/α-hetero) is 1. The van der Waals surface area contributed by atoms with E-state index in [1.54, 1.807) is 0 Å². The predicted octanol–water partition coefficient (Wildman–Crippen LogP) is 1.80. The van der Waals surface area contributed by atoms with Crippen LogP contribution in [-0.2, 0) is 14.3 Å². The molecule has 0 atom stereocenters. The van der Waals surface area contributed by atoms with E-state index in [1.165, 1.54) is 0 Å². The Hall–Kier alpha value is -0.410. The molecule has 0 aromatic heterocycles. The highest BCUT2D eigenvalue weighted by atomic mass is 16.5. The van der Waals surface area contributed by atoms with E-state index in [9.17, 15) is 4.79 Å². The van der Waals surface area contributed by atoms with Crippen molar-refractivity contribution >= 4 is 5.78 Å². The first-order valence-electron chi connectivity index (χ1n) is 5.52. The lowest BCUT2D eigenvalue weighted by Crippen LogP contribution is -2.24. The highest BCUT2D eigenvalue weighted by Crippen LogP contribution is 2.16. The zero-order chi connectivity index (χ0) is 10.2. The highest BCUT2D eigenvalue weighted by Gasteiger charge is 2.20. The van der Waals surface area contributed by atoms with Gasteiger partial charge in [0.25, 0.3) is 0 Å². The van der Waals surface area contributed by atoms with Crippen molar-refractivity contribution in [3.8, 4) is 0 Å². The molecule has 0 N–H and O–H groups in total. The molecule has 0 radical (unpaired) electrons. The molecule has 3 nitrogen and oxygen atoms in total. The molecule has 0 spiro atoms. The number of rotatable bonds is 6. The van der Waals surface area contributed by atoms with Gasteiger partial charge in [-0.25, -0.2) is 0 Å². The molecule has 1 saturated heterocycles. The zero-order valence-corrected chi connectivity index (χ0v) is 8.96. The second-order valence-corrected chi connectivity index (χ2v) is 3.72. The number of carbonyl (C=O) groups excluding carboxylic acids is 1. The Labute approximate surface area is 85.8 Å². The first kappa shape index (κ1) is 11.7. The number of hydrogen-bond acceptors (Lipinski definition) is 3. The SMILES string of the molecule is CCCOCCC(=O)C1CCOCC1. The van der Waals surface area contributed by atoms with Gasteiger partial charge in [0.2, 0.25) is 0 Å². The van der Waals surface area contributed by atoms with Crippen LogP contribution in [0.2, 0.25) is 0 Å². The van der Waals surface area contributed by atoms with E-state index in [1.807, 2.05) is 0 Å². The molecule has 0 aromatic rings. The molecule has 0 amide bonds. The zero-order valence-electron chi connectivity index (χ0n) is 8.96. The van der Waals surface area contributed by atoms with Crippen LogP contribution < -0.4 is 0 Å². The summed E-state index contributed by atoms with van der Waals surface area (Å²) < 4.78 is 10.5. The van der Waals surface area contributed by atoms with Crippen LogP contribution in [0, 0.1) is 5.92 Å². The molecule has 1 heterocycles. The van der Waals surface area contributed by atoms with Crippen LogP contribution in [0.1, 0.15) is 32.6 Å². The van der Waals surface area contributed by atoms with Crippen molar-refractivity contribution in [2.24, 2.45) is 5.92 Å². The summed E-state index contributed by atoms with van der Waals surface area (Å²) in [4.78, 5) is 11.6. The largest absolute Gasteiger partial charge is 0.381 e. The third-order valence-corrected chi connectivity index (χ3v) is 2.52. The summed E-state index contributed by atoms with van der Waals surface area (Å²) in [6.07, 6.45) is 3.38. The molecule has 1 rings (SSSR count). The van der Waals surface area contributed by atoms with Gasteiger partial charge in [-0.2, -0.15) is 0 Å². The third-order valence-electron chi connectivity index (χ3n) is 2.52. The fourth-order valence-corrected chi connectivity index (χ4v) is 1.64. The van der Waals surface area contributed by atoms with Gasteiger partial charge in [-0.1, -0.05) is 6.92 Å². The van der Waals surface area contributed by atoms with E-state index in [2.05, 4.69) is 6.92 Å². The van der Waals surface area contributed by atoms with Crippen molar-refractivity contribution in [1.29, 1.82) is 0 Å². The van der Waals surface area contributed by atoms with Gasteiger partial charge in [-0.15, -0.1) is 0 Å². The van der Waals surface area contributed by atoms with Crippen molar-refractivity contribution in [3.05, 3.63) is 0 Å². The van der Waals surface area contributed by atoms with Crippen molar-refractivity contribution in [2.75, 3.05) is 26.4 Å². The molecule has 14 heavy (non-hydrogen) atoms. The molecule has 0 aromatic carbocycles. The van der Waals surface area contributed by atoms with Crippen LogP contribution in [0.4, 0.5) is 0 Å². The Morgan fingerprint density at radius 2 is 2.07 bits per heavy atom. The lowest BCUT2D eigenvalue weighted by Gasteiger charge is -2.20. The topological polar surface area (TPSA) is 35.5 Å². The minimum absolute atomic E-state index is 0.231. The van der Waals surface area contributed by atoms with E-state index in [-0.39, 0.29) is 5.92 Å². The molecule has 1 aliphatic rings. The van der Waals surface area contributed by atoms with Crippen LogP contribution in [0.15, 0.2) is 0 Å². The molecular weight excluding hydrogens is 180 g/mol. The minimum atomic E-state index is 0.231. The third kappa shape index (κ3) is 4.20. The predicted molar refractivity (Wildman–Crippen MR) is 54.3 cm³/mol. The van der Waals surface area contributed by atoms with Crippen LogP contribution in [0.5, 0.6) is 0 Å². The maximum Gasteiger partial charge on any atom is 0.138 e. The molecule has 0 aliphatic carbocycles. The average molecular weight is 200 g/mol. The quantitative estimate of drug-likeness (QED) is 0.613. The highest BCUT2D eigenvalue weighted by molar-refractivity contribution is 5.81. The summed E-state index contributed by atoms with van der Waals surface area (Å²) in [5, 5.41) is 0. The number of ketones is 1. The van der Waals surface area contributed by atoms with Gasteiger partial charge < -0.3 is 9.47 Å². The summed E-state index contributed by atoms with van der Waals surface area (Å²) in [5.74, 6) is 0.582. The van der Waals surface area contributed by atoms with Crippen LogP contribution in [0.3, 0.4) is 0 Å². The standard InChI is InChI=1S/C11H20O3/c1-2-6-13-9-5-11(12)10-3-7-14-8-4-10/h10H,2-9H2,1H3. The average Bonchev–Trinajstić information content (AvgIpc) is 2.25.